The number of rotatable bonds is 3. The minimum atomic E-state index is 0.0944. The van der Waals surface area contributed by atoms with Gasteiger partial charge in [0.1, 0.15) is 0 Å². The van der Waals surface area contributed by atoms with Gasteiger partial charge < -0.3 is 15.3 Å². The zero-order chi connectivity index (χ0) is 13.7. The van der Waals surface area contributed by atoms with Crippen LogP contribution in [0.5, 0.6) is 0 Å². The van der Waals surface area contributed by atoms with Crippen molar-refractivity contribution in [2.45, 2.75) is 70.4 Å². The molecule has 2 rings (SSSR count). The molecule has 4 heteroatoms. The van der Waals surface area contributed by atoms with Crippen molar-refractivity contribution in [2.24, 2.45) is 5.92 Å². The maximum absolute atomic E-state index is 12.4. The molecular formula is C15H28N2O2. The molecule has 19 heavy (non-hydrogen) atoms. The van der Waals surface area contributed by atoms with Gasteiger partial charge in [-0.05, 0) is 44.4 Å². The first-order chi connectivity index (χ1) is 9.22. The van der Waals surface area contributed by atoms with E-state index in [0.717, 1.165) is 25.8 Å². The standard InChI is InChI=1S/C15H28N2O2/c1-12-6-2-3-8-14(12)16-15(19)17-10-5-4-7-13(17)9-11-18/h12-14,18H,2-11H2,1H3,(H,16,19). The van der Waals surface area contributed by atoms with E-state index in [-0.39, 0.29) is 18.7 Å². The molecule has 0 aromatic heterocycles. The fourth-order valence-corrected chi connectivity index (χ4v) is 3.49. The Morgan fingerprint density at radius 3 is 2.68 bits per heavy atom. The number of amides is 2. The number of urea groups is 1. The lowest BCUT2D eigenvalue weighted by Gasteiger charge is -2.38. The van der Waals surface area contributed by atoms with E-state index in [4.69, 9.17) is 5.11 Å². The van der Waals surface area contributed by atoms with Crippen LogP contribution < -0.4 is 5.32 Å². The number of aliphatic hydroxyl groups is 1. The van der Waals surface area contributed by atoms with Crippen LogP contribution in [0, 0.1) is 5.92 Å². The Balaban J connectivity index is 1.89. The van der Waals surface area contributed by atoms with Gasteiger partial charge in [-0.2, -0.15) is 0 Å². The van der Waals surface area contributed by atoms with Gasteiger partial charge in [-0.3, -0.25) is 0 Å². The molecule has 1 aliphatic carbocycles. The van der Waals surface area contributed by atoms with E-state index in [1.54, 1.807) is 0 Å². The first-order valence-electron chi connectivity index (χ1n) is 7.90. The van der Waals surface area contributed by atoms with Crippen LogP contribution in [0.3, 0.4) is 0 Å². The Kier molecular flexibility index (Phi) is 5.49. The third kappa shape index (κ3) is 3.85. The number of carbonyl (C=O) groups excluding carboxylic acids is 1. The highest BCUT2D eigenvalue weighted by molar-refractivity contribution is 5.75. The average molecular weight is 268 g/mol. The molecule has 110 valence electrons. The summed E-state index contributed by atoms with van der Waals surface area (Å²) in [5, 5.41) is 12.4. The van der Waals surface area contributed by atoms with E-state index in [1.807, 2.05) is 4.90 Å². The number of likely N-dealkylation sites (tertiary alicyclic amines) is 1. The molecule has 0 radical (unpaired) electrons. The Bertz CT molecular complexity index is 294. The molecule has 1 aliphatic heterocycles. The topological polar surface area (TPSA) is 52.6 Å². The summed E-state index contributed by atoms with van der Waals surface area (Å²) >= 11 is 0. The third-order valence-corrected chi connectivity index (χ3v) is 4.77. The van der Waals surface area contributed by atoms with Crippen LogP contribution in [0.1, 0.15) is 58.3 Å². The van der Waals surface area contributed by atoms with Crippen molar-refractivity contribution in [3.63, 3.8) is 0 Å². The smallest absolute Gasteiger partial charge is 0.317 e. The van der Waals surface area contributed by atoms with E-state index in [9.17, 15) is 4.79 Å². The number of piperidine rings is 1. The minimum Gasteiger partial charge on any atom is -0.396 e. The van der Waals surface area contributed by atoms with E-state index in [0.29, 0.717) is 18.4 Å². The zero-order valence-electron chi connectivity index (χ0n) is 12.1. The maximum atomic E-state index is 12.4. The quantitative estimate of drug-likeness (QED) is 0.826. The van der Waals surface area contributed by atoms with Gasteiger partial charge in [0, 0.05) is 25.2 Å². The molecule has 3 atom stereocenters. The number of hydrogen-bond donors (Lipinski definition) is 2. The van der Waals surface area contributed by atoms with Crippen molar-refractivity contribution in [2.75, 3.05) is 13.2 Å². The van der Waals surface area contributed by atoms with Crippen molar-refractivity contribution in [1.29, 1.82) is 0 Å². The zero-order valence-corrected chi connectivity index (χ0v) is 12.1. The second-order valence-electron chi connectivity index (χ2n) is 6.17. The van der Waals surface area contributed by atoms with Crippen molar-refractivity contribution in [3.8, 4) is 0 Å². The van der Waals surface area contributed by atoms with Gasteiger partial charge in [0.05, 0.1) is 0 Å². The lowest BCUT2D eigenvalue weighted by Crippen LogP contribution is -2.53. The Morgan fingerprint density at radius 2 is 1.95 bits per heavy atom. The largest absolute Gasteiger partial charge is 0.396 e. The fourth-order valence-electron chi connectivity index (χ4n) is 3.49. The average Bonchev–Trinajstić information content (AvgIpc) is 2.42. The van der Waals surface area contributed by atoms with Crippen molar-refractivity contribution >= 4 is 6.03 Å². The van der Waals surface area contributed by atoms with Gasteiger partial charge in [-0.1, -0.05) is 19.8 Å². The first kappa shape index (κ1) is 14.6. The summed E-state index contributed by atoms with van der Waals surface area (Å²) in [4.78, 5) is 14.4. The van der Waals surface area contributed by atoms with Gasteiger partial charge in [-0.15, -0.1) is 0 Å². The molecule has 2 fully saturated rings. The summed E-state index contributed by atoms with van der Waals surface area (Å²) in [6.45, 7) is 3.26. The predicted octanol–water partition coefficient (Wildman–Crippen LogP) is 2.51. The normalized spacial score (nSPS) is 32.1. The lowest BCUT2D eigenvalue weighted by molar-refractivity contribution is 0.125. The van der Waals surface area contributed by atoms with E-state index >= 15 is 0 Å². The number of nitrogens with zero attached hydrogens (tertiary/aromatic N) is 1. The summed E-state index contributed by atoms with van der Waals surface area (Å²) in [6, 6.07) is 0.674. The lowest BCUT2D eigenvalue weighted by atomic mass is 9.86. The summed E-state index contributed by atoms with van der Waals surface area (Å²) in [5.74, 6) is 0.596. The van der Waals surface area contributed by atoms with Crippen LogP contribution in [-0.4, -0.2) is 41.3 Å². The van der Waals surface area contributed by atoms with Crippen LogP contribution in [-0.2, 0) is 0 Å². The number of hydrogen-bond acceptors (Lipinski definition) is 2. The van der Waals surface area contributed by atoms with Crippen molar-refractivity contribution < 1.29 is 9.90 Å². The molecule has 1 heterocycles. The highest BCUT2D eigenvalue weighted by Gasteiger charge is 2.29. The summed E-state index contributed by atoms with van der Waals surface area (Å²) < 4.78 is 0. The van der Waals surface area contributed by atoms with Gasteiger partial charge >= 0.3 is 6.03 Å². The Labute approximate surface area is 116 Å². The fraction of sp³-hybridized carbons (Fsp3) is 0.933. The number of aliphatic hydroxyl groups excluding tert-OH is 1. The van der Waals surface area contributed by atoms with E-state index < -0.39 is 0 Å². The molecule has 2 amide bonds. The minimum absolute atomic E-state index is 0.0944. The predicted molar refractivity (Wildman–Crippen MR) is 76.0 cm³/mol. The molecule has 2 aliphatic rings. The molecule has 4 nitrogen and oxygen atoms in total. The van der Waals surface area contributed by atoms with Crippen LogP contribution >= 0.6 is 0 Å². The van der Waals surface area contributed by atoms with Crippen molar-refractivity contribution in [1.82, 2.24) is 10.2 Å². The molecular weight excluding hydrogens is 240 g/mol. The van der Waals surface area contributed by atoms with E-state index in [2.05, 4.69) is 12.2 Å². The molecule has 0 spiro atoms. The highest BCUT2D eigenvalue weighted by atomic mass is 16.3. The van der Waals surface area contributed by atoms with Gasteiger partial charge in [0.2, 0.25) is 0 Å². The molecule has 1 saturated heterocycles. The van der Waals surface area contributed by atoms with Gasteiger partial charge in [0.15, 0.2) is 0 Å². The molecule has 0 aromatic carbocycles. The van der Waals surface area contributed by atoms with Crippen LogP contribution in [0.2, 0.25) is 0 Å². The second kappa shape index (κ2) is 7.13. The molecule has 0 aromatic rings. The van der Waals surface area contributed by atoms with Crippen molar-refractivity contribution in [3.05, 3.63) is 0 Å². The Hall–Kier alpha value is -0.770. The summed E-state index contributed by atoms with van der Waals surface area (Å²) in [6.07, 6.45) is 8.89. The maximum Gasteiger partial charge on any atom is 0.317 e. The second-order valence-corrected chi connectivity index (χ2v) is 6.17. The van der Waals surface area contributed by atoms with Crippen LogP contribution in [0.25, 0.3) is 0 Å². The monoisotopic (exact) mass is 268 g/mol. The molecule has 2 N–H and O–H groups in total. The summed E-state index contributed by atoms with van der Waals surface area (Å²) in [7, 11) is 0. The molecule has 0 bridgehead atoms. The van der Waals surface area contributed by atoms with Crippen LogP contribution in [0.15, 0.2) is 0 Å². The van der Waals surface area contributed by atoms with Gasteiger partial charge in [0.25, 0.3) is 0 Å². The van der Waals surface area contributed by atoms with Crippen LogP contribution in [0.4, 0.5) is 4.79 Å². The first-order valence-corrected chi connectivity index (χ1v) is 7.90. The SMILES string of the molecule is CC1CCCCC1NC(=O)N1CCCCC1CCO. The number of nitrogens with one attached hydrogen (secondary N) is 1. The van der Waals surface area contributed by atoms with Gasteiger partial charge in [-0.25, -0.2) is 4.79 Å². The van der Waals surface area contributed by atoms with E-state index in [1.165, 1.54) is 25.7 Å². The molecule has 3 unspecified atom stereocenters. The number of carbonyl (C=O) groups is 1. The highest BCUT2D eigenvalue weighted by Crippen LogP contribution is 2.25. The third-order valence-electron chi connectivity index (χ3n) is 4.77. The summed E-state index contributed by atoms with van der Waals surface area (Å²) in [5.41, 5.74) is 0. The molecule has 1 saturated carbocycles. The Morgan fingerprint density at radius 1 is 1.21 bits per heavy atom.